The first-order valence-corrected chi connectivity index (χ1v) is 11.3. The van der Waals surface area contributed by atoms with Crippen molar-refractivity contribution in [1.29, 1.82) is 0 Å². The summed E-state index contributed by atoms with van der Waals surface area (Å²) in [7, 11) is 0. The van der Waals surface area contributed by atoms with E-state index in [1.54, 1.807) is 0 Å². The van der Waals surface area contributed by atoms with Crippen LogP contribution in [-0.2, 0) is 28.8 Å². The van der Waals surface area contributed by atoms with Crippen LogP contribution in [0.25, 0.3) is 0 Å². The van der Waals surface area contributed by atoms with Crippen molar-refractivity contribution < 1.29 is 44.1 Å². The highest BCUT2D eigenvalue weighted by atomic mass is 16.4. The van der Waals surface area contributed by atoms with Crippen LogP contribution >= 0.6 is 0 Å². The van der Waals surface area contributed by atoms with Crippen LogP contribution in [0.3, 0.4) is 0 Å². The van der Waals surface area contributed by atoms with Crippen molar-refractivity contribution in [1.82, 2.24) is 16.0 Å². The van der Waals surface area contributed by atoms with Crippen molar-refractivity contribution in [3.63, 3.8) is 0 Å². The summed E-state index contributed by atoms with van der Waals surface area (Å²) >= 11 is 0. The second kappa shape index (κ2) is 16.6. The minimum absolute atomic E-state index is 0.0606. The molecule has 0 spiro atoms. The second-order valence-electron chi connectivity index (χ2n) is 8.18. The molecule has 0 rings (SSSR count). The summed E-state index contributed by atoms with van der Waals surface area (Å²) in [6, 6.07) is -5.75. The molecule has 0 radical (unpaired) electrons. The number of carbonyl (C=O) groups excluding carboxylic acids is 4. The molecule has 0 saturated heterocycles. The third-order valence-electron chi connectivity index (χ3n) is 4.94. The number of aliphatic carboxylic acids is 2. The highest BCUT2D eigenvalue weighted by molar-refractivity contribution is 5.94. The molecule has 5 unspecified atom stereocenters. The Bertz CT molecular complexity index is 861. The number of hydrogen-bond donors (Lipinski definition) is 10. The van der Waals surface area contributed by atoms with Gasteiger partial charge in [-0.1, -0.05) is 0 Å². The molecule has 0 saturated carbocycles. The number of aliphatic hydroxyl groups excluding tert-OH is 1. The van der Waals surface area contributed by atoms with Crippen molar-refractivity contribution in [2.45, 2.75) is 75.7 Å². The van der Waals surface area contributed by atoms with Gasteiger partial charge in [-0.3, -0.25) is 29.0 Å². The number of hydrogen-bond acceptors (Lipinski definition) is 9. The lowest BCUT2D eigenvalue weighted by Gasteiger charge is -2.26. The molecule has 0 heterocycles. The van der Waals surface area contributed by atoms with Crippen LogP contribution in [0.4, 0.5) is 0 Å². The first-order valence-electron chi connectivity index (χ1n) is 11.3. The predicted octanol–water partition coefficient (Wildman–Crippen LogP) is -4.58. The molecule has 0 aliphatic rings. The fourth-order valence-corrected chi connectivity index (χ4v) is 2.93. The molecular formula is C20H36N8O9. The molecule has 14 N–H and O–H groups in total. The Hall–Kier alpha value is -3.99. The molecule has 0 aliphatic carbocycles. The molecule has 37 heavy (non-hydrogen) atoms. The van der Waals surface area contributed by atoms with Crippen molar-refractivity contribution in [2.75, 3.05) is 6.54 Å². The Morgan fingerprint density at radius 3 is 1.89 bits per heavy atom. The molecule has 17 nitrogen and oxygen atoms in total. The Morgan fingerprint density at radius 2 is 1.41 bits per heavy atom. The van der Waals surface area contributed by atoms with Crippen molar-refractivity contribution >= 4 is 41.5 Å². The van der Waals surface area contributed by atoms with E-state index < -0.39 is 72.3 Å². The molecule has 0 aliphatic heterocycles. The average Bonchev–Trinajstić information content (AvgIpc) is 2.79. The third-order valence-corrected chi connectivity index (χ3v) is 4.94. The van der Waals surface area contributed by atoms with E-state index >= 15 is 0 Å². The highest BCUT2D eigenvalue weighted by Gasteiger charge is 2.32. The number of amides is 4. The SMILES string of the molecule is CC(O)C(NC(=O)C(N)CCC(=O)O)C(=O)NC(CCC(N)=O)C(=O)NC(CCCN=C(N)N)C(=O)O. The summed E-state index contributed by atoms with van der Waals surface area (Å²) in [6.07, 6.45) is -2.65. The second-order valence-corrected chi connectivity index (χ2v) is 8.18. The van der Waals surface area contributed by atoms with Crippen molar-refractivity contribution in [3.05, 3.63) is 0 Å². The lowest BCUT2D eigenvalue weighted by Crippen LogP contribution is -2.59. The van der Waals surface area contributed by atoms with Gasteiger partial charge in [0.25, 0.3) is 0 Å². The average molecular weight is 533 g/mol. The van der Waals surface area contributed by atoms with E-state index in [4.69, 9.17) is 28.0 Å². The van der Waals surface area contributed by atoms with Gasteiger partial charge in [0.1, 0.15) is 18.1 Å². The number of aliphatic imine (C=N–C) groups is 1. The molecular weight excluding hydrogens is 496 g/mol. The summed E-state index contributed by atoms with van der Waals surface area (Å²) < 4.78 is 0. The maximum absolute atomic E-state index is 12.8. The topological polar surface area (TPSA) is 316 Å². The van der Waals surface area contributed by atoms with Crippen LogP contribution in [0, 0.1) is 0 Å². The molecule has 0 fully saturated rings. The van der Waals surface area contributed by atoms with Gasteiger partial charge in [-0.05, 0) is 32.6 Å². The number of aliphatic hydroxyl groups is 1. The molecule has 5 atom stereocenters. The largest absolute Gasteiger partial charge is 0.481 e. The maximum Gasteiger partial charge on any atom is 0.326 e. The van der Waals surface area contributed by atoms with Crippen LogP contribution in [0.2, 0.25) is 0 Å². The lowest BCUT2D eigenvalue weighted by atomic mass is 10.1. The van der Waals surface area contributed by atoms with Crippen LogP contribution in [0.1, 0.15) is 45.4 Å². The van der Waals surface area contributed by atoms with Crippen LogP contribution < -0.4 is 38.9 Å². The number of nitrogens with two attached hydrogens (primary N) is 4. The van der Waals surface area contributed by atoms with Gasteiger partial charge in [0.05, 0.1) is 12.1 Å². The molecule has 0 aromatic heterocycles. The van der Waals surface area contributed by atoms with Gasteiger partial charge in [0.15, 0.2) is 5.96 Å². The number of guanidine groups is 1. The predicted molar refractivity (Wildman–Crippen MR) is 128 cm³/mol. The van der Waals surface area contributed by atoms with Crippen LogP contribution in [-0.4, -0.2) is 93.7 Å². The smallest absolute Gasteiger partial charge is 0.326 e. The van der Waals surface area contributed by atoms with E-state index in [2.05, 4.69) is 20.9 Å². The number of rotatable bonds is 18. The Balaban J connectivity index is 5.46. The molecule has 17 heteroatoms. The zero-order valence-corrected chi connectivity index (χ0v) is 20.4. The summed E-state index contributed by atoms with van der Waals surface area (Å²) in [5.74, 6) is -6.48. The van der Waals surface area contributed by atoms with E-state index in [1.807, 2.05) is 0 Å². The summed E-state index contributed by atoms with van der Waals surface area (Å²) in [4.78, 5) is 75.0. The van der Waals surface area contributed by atoms with Gasteiger partial charge in [-0.2, -0.15) is 0 Å². The monoisotopic (exact) mass is 532 g/mol. The fraction of sp³-hybridized carbons (Fsp3) is 0.650. The lowest BCUT2D eigenvalue weighted by molar-refractivity contribution is -0.143. The zero-order valence-electron chi connectivity index (χ0n) is 20.4. The van der Waals surface area contributed by atoms with Crippen molar-refractivity contribution in [2.24, 2.45) is 27.9 Å². The zero-order chi connectivity index (χ0) is 28.7. The van der Waals surface area contributed by atoms with Gasteiger partial charge < -0.3 is 54.2 Å². The molecule has 0 bridgehead atoms. The fourth-order valence-electron chi connectivity index (χ4n) is 2.93. The minimum atomic E-state index is -1.61. The Labute approximate surface area is 212 Å². The molecule has 0 aromatic rings. The number of carboxylic acid groups (broad SMARTS) is 2. The molecule has 210 valence electrons. The third kappa shape index (κ3) is 14.2. The number of nitrogens with one attached hydrogen (secondary N) is 3. The Morgan fingerprint density at radius 1 is 0.811 bits per heavy atom. The maximum atomic E-state index is 12.8. The van der Waals surface area contributed by atoms with E-state index in [9.17, 15) is 39.0 Å². The quantitative estimate of drug-likeness (QED) is 0.0453. The standard InChI is InChI=1S/C20H36N8O9/c1-9(29)15(28-16(33)10(21)4-7-14(31)32)18(35)26-11(5-6-13(22)30)17(34)27-12(19(36)37)3-2-8-25-20(23)24/h9-12,15,29H,2-8,21H2,1H3,(H2,22,30)(H,26,35)(H,27,34)(H,28,33)(H,31,32)(H,36,37)(H4,23,24,25). The van der Waals surface area contributed by atoms with Gasteiger partial charge >= 0.3 is 11.9 Å². The first kappa shape index (κ1) is 33.0. The molecule has 4 amide bonds. The van der Waals surface area contributed by atoms with Crippen LogP contribution in [0.15, 0.2) is 4.99 Å². The number of carboxylic acids is 2. The number of nitrogens with zero attached hydrogens (tertiary/aromatic N) is 1. The van der Waals surface area contributed by atoms with E-state index in [1.165, 1.54) is 6.92 Å². The number of carbonyl (C=O) groups is 6. The molecule has 0 aromatic carbocycles. The highest BCUT2D eigenvalue weighted by Crippen LogP contribution is 2.05. The van der Waals surface area contributed by atoms with Gasteiger partial charge in [-0.25, -0.2) is 4.79 Å². The van der Waals surface area contributed by atoms with E-state index in [-0.39, 0.29) is 44.6 Å². The van der Waals surface area contributed by atoms with Crippen molar-refractivity contribution in [3.8, 4) is 0 Å². The summed E-state index contributed by atoms with van der Waals surface area (Å²) in [5, 5.41) is 34.8. The summed E-state index contributed by atoms with van der Waals surface area (Å²) in [5.41, 5.74) is 21.1. The first-order chi connectivity index (χ1) is 17.1. The van der Waals surface area contributed by atoms with E-state index in [0.29, 0.717) is 0 Å². The summed E-state index contributed by atoms with van der Waals surface area (Å²) in [6.45, 7) is 1.27. The van der Waals surface area contributed by atoms with E-state index in [0.717, 1.165) is 0 Å². The number of primary amides is 1. The normalized spacial score (nSPS) is 14.7. The van der Waals surface area contributed by atoms with Gasteiger partial charge in [0, 0.05) is 19.4 Å². The Kier molecular flexibility index (Phi) is 14.8. The van der Waals surface area contributed by atoms with Gasteiger partial charge in [0.2, 0.25) is 23.6 Å². The minimum Gasteiger partial charge on any atom is -0.481 e. The van der Waals surface area contributed by atoms with Crippen LogP contribution in [0.5, 0.6) is 0 Å². The van der Waals surface area contributed by atoms with Gasteiger partial charge in [-0.15, -0.1) is 0 Å².